The van der Waals surface area contributed by atoms with E-state index in [0.29, 0.717) is 5.75 Å². The minimum Gasteiger partial charge on any atom is -0.508 e. The summed E-state index contributed by atoms with van der Waals surface area (Å²) >= 11 is 4.62. The van der Waals surface area contributed by atoms with Gasteiger partial charge in [0.15, 0.2) is 0 Å². The van der Waals surface area contributed by atoms with Crippen molar-refractivity contribution in [3.63, 3.8) is 0 Å². The molecule has 0 bridgehead atoms. The van der Waals surface area contributed by atoms with Crippen molar-refractivity contribution in [3.8, 4) is 5.75 Å². The number of phenolic OH excluding ortho intramolecular Hbond substituents is 1. The summed E-state index contributed by atoms with van der Waals surface area (Å²) in [7, 11) is 0. The van der Waals surface area contributed by atoms with Crippen molar-refractivity contribution < 1.29 is 5.11 Å². The number of thiol groups is 1. The maximum absolute atomic E-state index is 9.79. The van der Waals surface area contributed by atoms with E-state index in [1.54, 1.807) is 6.07 Å². The zero-order chi connectivity index (χ0) is 15.3. The molecule has 1 aromatic rings. The Labute approximate surface area is 136 Å². The second kappa shape index (κ2) is 12.0. The van der Waals surface area contributed by atoms with Gasteiger partial charge < -0.3 is 5.11 Å². The molecule has 0 radical (unpaired) electrons. The largest absolute Gasteiger partial charge is 0.508 e. The first-order valence-electron chi connectivity index (χ1n) is 8.71. The molecule has 120 valence electrons. The minimum absolute atomic E-state index is 0.167. The summed E-state index contributed by atoms with van der Waals surface area (Å²) in [5.41, 5.74) is 0.969. The smallest absolute Gasteiger partial charge is 0.119 e. The summed E-state index contributed by atoms with van der Waals surface area (Å²) < 4.78 is 0. The van der Waals surface area contributed by atoms with Gasteiger partial charge in [0.2, 0.25) is 0 Å². The van der Waals surface area contributed by atoms with E-state index in [4.69, 9.17) is 0 Å². The molecule has 1 unspecified atom stereocenters. The Balaban J connectivity index is 1.98. The highest BCUT2D eigenvalue weighted by atomic mass is 32.1. The number of rotatable bonds is 12. The fraction of sp³-hybridized carbons (Fsp3) is 0.684. The third-order valence-electron chi connectivity index (χ3n) is 4.13. The minimum atomic E-state index is 0.167. The highest BCUT2D eigenvalue weighted by Crippen LogP contribution is 2.32. The SMILES string of the molecule is CCCCCCCCCCCCC(S)c1ccccc1O. The van der Waals surface area contributed by atoms with Crippen molar-refractivity contribution >= 4 is 12.6 Å². The van der Waals surface area contributed by atoms with E-state index in [2.05, 4.69) is 19.6 Å². The Morgan fingerprint density at radius 1 is 0.857 bits per heavy atom. The van der Waals surface area contributed by atoms with Crippen LogP contribution in [0.25, 0.3) is 0 Å². The highest BCUT2D eigenvalue weighted by Gasteiger charge is 2.09. The van der Waals surface area contributed by atoms with Crippen LogP contribution in [0.3, 0.4) is 0 Å². The average molecular weight is 309 g/mol. The number of para-hydroxylation sites is 1. The third-order valence-corrected chi connectivity index (χ3v) is 4.66. The molecule has 21 heavy (non-hydrogen) atoms. The fourth-order valence-corrected chi connectivity index (χ4v) is 3.15. The van der Waals surface area contributed by atoms with Crippen molar-refractivity contribution in [2.24, 2.45) is 0 Å². The highest BCUT2D eigenvalue weighted by molar-refractivity contribution is 7.80. The Morgan fingerprint density at radius 2 is 1.38 bits per heavy atom. The van der Waals surface area contributed by atoms with Crippen LogP contribution in [0.5, 0.6) is 5.75 Å². The Kier molecular flexibility index (Phi) is 10.5. The van der Waals surface area contributed by atoms with Gasteiger partial charge in [-0.15, -0.1) is 0 Å². The molecule has 0 amide bonds. The van der Waals surface area contributed by atoms with Crippen molar-refractivity contribution in [2.75, 3.05) is 0 Å². The zero-order valence-corrected chi connectivity index (χ0v) is 14.5. The Morgan fingerprint density at radius 3 is 1.95 bits per heavy atom. The van der Waals surface area contributed by atoms with Crippen LogP contribution in [0, 0.1) is 0 Å². The van der Waals surface area contributed by atoms with Crippen LogP contribution in [0.2, 0.25) is 0 Å². The van der Waals surface area contributed by atoms with E-state index < -0.39 is 0 Å². The molecule has 0 saturated carbocycles. The van der Waals surface area contributed by atoms with Gasteiger partial charge in [0.25, 0.3) is 0 Å². The lowest BCUT2D eigenvalue weighted by Crippen LogP contribution is -1.92. The fourth-order valence-electron chi connectivity index (χ4n) is 2.75. The first-order chi connectivity index (χ1) is 10.3. The average Bonchev–Trinajstić information content (AvgIpc) is 2.49. The van der Waals surface area contributed by atoms with Crippen LogP contribution in [0.15, 0.2) is 24.3 Å². The summed E-state index contributed by atoms with van der Waals surface area (Å²) in [4.78, 5) is 0. The van der Waals surface area contributed by atoms with Gasteiger partial charge in [-0.3, -0.25) is 0 Å². The van der Waals surface area contributed by atoms with Crippen molar-refractivity contribution in [1.29, 1.82) is 0 Å². The molecule has 1 rings (SSSR count). The predicted octanol–water partition coefficient (Wildman–Crippen LogP) is 6.67. The van der Waals surface area contributed by atoms with Crippen molar-refractivity contribution in [2.45, 2.75) is 82.8 Å². The Hall–Kier alpha value is -0.630. The lowest BCUT2D eigenvalue weighted by Gasteiger charge is -2.12. The molecule has 0 aliphatic heterocycles. The molecular weight excluding hydrogens is 276 g/mol. The molecule has 2 heteroatoms. The standard InChI is InChI=1S/C19H32OS/c1-2-3-4-5-6-7-8-9-10-11-16-19(21)17-14-12-13-15-18(17)20/h12-15,19-21H,2-11,16H2,1H3. The molecule has 1 atom stereocenters. The van der Waals surface area contributed by atoms with Gasteiger partial charge in [0, 0.05) is 10.8 Å². The summed E-state index contributed by atoms with van der Waals surface area (Å²) in [5, 5.41) is 9.96. The lowest BCUT2D eigenvalue weighted by molar-refractivity contribution is 0.465. The maximum Gasteiger partial charge on any atom is 0.119 e. The second-order valence-electron chi connectivity index (χ2n) is 6.05. The molecule has 0 aromatic heterocycles. The summed E-state index contributed by atoms with van der Waals surface area (Å²) in [5.74, 6) is 0.379. The van der Waals surface area contributed by atoms with Gasteiger partial charge in [-0.1, -0.05) is 89.3 Å². The first-order valence-corrected chi connectivity index (χ1v) is 9.23. The van der Waals surface area contributed by atoms with Crippen molar-refractivity contribution in [1.82, 2.24) is 0 Å². The first kappa shape index (κ1) is 18.4. The molecule has 1 nitrogen and oxygen atoms in total. The van der Waals surface area contributed by atoms with Crippen LogP contribution in [0.4, 0.5) is 0 Å². The van der Waals surface area contributed by atoms with Crippen LogP contribution < -0.4 is 0 Å². The van der Waals surface area contributed by atoms with E-state index in [0.717, 1.165) is 12.0 Å². The van der Waals surface area contributed by atoms with Gasteiger partial charge in [-0.05, 0) is 12.5 Å². The normalized spacial score (nSPS) is 12.5. The third kappa shape index (κ3) is 8.40. The van der Waals surface area contributed by atoms with Gasteiger partial charge in [0.05, 0.1) is 0 Å². The number of unbranched alkanes of at least 4 members (excludes halogenated alkanes) is 9. The van der Waals surface area contributed by atoms with Gasteiger partial charge in [-0.2, -0.15) is 12.6 Å². The maximum atomic E-state index is 9.79. The van der Waals surface area contributed by atoms with E-state index in [1.165, 1.54) is 64.2 Å². The number of benzene rings is 1. The lowest BCUT2D eigenvalue weighted by atomic mass is 10.0. The summed E-state index contributed by atoms with van der Waals surface area (Å²) in [6, 6.07) is 7.55. The second-order valence-corrected chi connectivity index (χ2v) is 6.67. The molecule has 0 aliphatic carbocycles. The summed E-state index contributed by atoms with van der Waals surface area (Å²) in [6.45, 7) is 2.27. The quantitative estimate of drug-likeness (QED) is 0.326. The van der Waals surface area contributed by atoms with Crippen LogP contribution in [-0.2, 0) is 0 Å². The molecule has 0 fully saturated rings. The van der Waals surface area contributed by atoms with Crippen molar-refractivity contribution in [3.05, 3.63) is 29.8 Å². The molecule has 1 aromatic carbocycles. The number of phenols is 1. The molecular formula is C19H32OS. The topological polar surface area (TPSA) is 20.2 Å². The van der Waals surface area contributed by atoms with Gasteiger partial charge in [0.1, 0.15) is 5.75 Å². The molecule has 0 heterocycles. The Bertz CT molecular complexity index is 364. The van der Waals surface area contributed by atoms with Gasteiger partial charge >= 0.3 is 0 Å². The van der Waals surface area contributed by atoms with E-state index in [9.17, 15) is 5.11 Å². The number of hydrogen-bond donors (Lipinski definition) is 2. The van der Waals surface area contributed by atoms with E-state index in [1.807, 2.05) is 18.2 Å². The number of aromatic hydroxyl groups is 1. The van der Waals surface area contributed by atoms with Crippen LogP contribution in [0.1, 0.15) is 88.4 Å². The zero-order valence-electron chi connectivity index (χ0n) is 13.6. The monoisotopic (exact) mass is 308 g/mol. The van der Waals surface area contributed by atoms with E-state index in [-0.39, 0.29) is 5.25 Å². The molecule has 0 spiro atoms. The van der Waals surface area contributed by atoms with E-state index >= 15 is 0 Å². The van der Waals surface area contributed by atoms with Crippen LogP contribution >= 0.6 is 12.6 Å². The van der Waals surface area contributed by atoms with Crippen LogP contribution in [-0.4, -0.2) is 5.11 Å². The predicted molar refractivity (Wildman–Crippen MR) is 96.3 cm³/mol. The number of hydrogen-bond acceptors (Lipinski definition) is 2. The molecule has 1 N–H and O–H groups in total. The summed E-state index contributed by atoms with van der Waals surface area (Å²) in [6.07, 6.45) is 14.6. The molecule has 0 saturated heterocycles. The molecule has 0 aliphatic rings. The van der Waals surface area contributed by atoms with Gasteiger partial charge in [-0.25, -0.2) is 0 Å².